The van der Waals surface area contributed by atoms with Crippen LogP contribution in [0.2, 0.25) is 0 Å². The third-order valence-corrected chi connectivity index (χ3v) is 2.42. The number of benzene rings is 1. The highest BCUT2D eigenvalue weighted by Crippen LogP contribution is 2.30. The molecule has 0 atom stereocenters. The van der Waals surface area contributed by atoms with Crippen LogP contribution in [0.4, 0.5) is 4.39 Å². The van der Waals surface area contributed by atoms with Gasteiger partial charge >= 0.3 is 0 Å². The van der Waals surface area contributed by atoms with Crippen LogP contribution >= 0.6 is 0 Å². The largest absolute Gasteiger partial charge is 0.438 e. The van der Waals surface area contributed by atoms with E-state index >= 15 is 0 Å². The SMILES string of the molecule is CC(C)c1oc(C=O)nc1-c1ccccc1F. The third kappa shape index (κ3) is 2.11. The molecule has 2 aromatic rings. The van der Waals surface area contributed by atoms with E-state index < -0.39 is 0 Å². The van der Waals surface area contributed by atoms with E-state index in [4.69, 9.17) is 4.42 Å². The Hall–Kier alpha value is -1.97. The van der Waals surface area contributed by atoms with Gasteiger partial charge in [0.2, 0.25) is 6.29 Å². The maximum Gasteiger partial charge on any atom is 0.260 e. The van der Waals surface area contributed by atoms with Gasteiger partial charge in [-0.1, -0.05) is 26.0 Å². The Morgan fingerprint density at radius 3 is 2.65 bits per heavy atom. The maximum atomic E-state index is 13.7. The van der Waals surface area contributed by atoms with Crippen LogP contribution in [0.15, 0.2) is 28.7 Å². The quantitative estimate of drug-likeness (QED) is 0.763. The molecular weight excluding hydrogens is 221 g/mol. The predicted molar refractivity (Wildman–Crippen MR) is 61.4 cm³/mol. The summed E-state index contributed by atoms with van der Waals surface area (Å²) in [6.07, 6.45) is 0.524. The summed E-state index contributed by atoms with van der Waals surface area (Å²) in [6.45, 7) is 3.80. The molecule has 0 bridgehead atoms. The third-order valence-electron chi connectivity index (χ3n) is 2.42. The Kier molecular flexibility index (Phi) is 3.04. The van der Waals surface area contributed by atoms with Crippen LogP contribution in [-0.4, -0.2) is 11.3 Å². The molecule has 2 rings (SSSR count). The first-order chi connectivity index (χ1) is 8.13. The van der Waals surface area contributed by atoms with Crippen molar-refractivity contribution in [2.24, 2.45) is 0 Å². The Labute approximate surface area is 98.3 Å². The highest BCUT2D eigenvalue weighted by Gasteiger charge is 2.19. The molecule has 0 saturated heterocycles. The standard InChI is InChI=1S/C13H12FNO2/c1-8(2)13-12(15-11(7-16)17-13)9-5-3-4-6-10(9)14/h3-8H,1-2H3. The zero-order valence-electron chi connectivity index (χ0n) is 9.61. The van der Waals surface area contributed by atoms with E-state index in [0.717, 1.165) is 0 Å². The first kappa shape index (κ1) is 11.5. The van der Waals surface area contributed by atoms with Gasteiger partial charge in [0.05, 0.1) is 0 Å². The molecule has 1 heterocycles. The van der Waals surface area contributed by atoms with E-state index in [1.807, 2.05) is 13.8 Å². The second kappa shape index (κ2) is 4.49. The molecule has 1 aromatic carbocycles. The van der Waals surface area contributed by atoms with Gasteiger partial charge in [-0.3, -0.25) is 4.79 Å². The van der Waals surface area contributed by atoms with Crippen molar-refractivity contribution in [3.8, 4) is 11.3 Å². The molecule has 0 fully saturated rings. The Morgan fingerprint density at radius 1 is 1.35 bits per heavy atom. The molecule has 0 saturated carbocycles. The van der Waals surface area contributed by atoms with Crippen LogP contribution in [0.5, 0.6) is 0 Å². The maximum absolute atomic E-state index is 13.7. The smallest absolute Gasteiger partial charge is 0.260 e. The van der Waals surface area contributed by atoms with Gasteiger partial charge in [0, 0.05) is 11.5 Å². The zero-order valence-corrected chi connectivity index (χ0v) is 9.61. The lowest BCUT2D eigenvalue weighted by atomic mass is 10.0. The fourth-order valence-corrected chi connectivity index (χ4v) is 1.64. The first-order valence-corrected chi connectivity index (χ1v) is 5.34. The summed E-state index contributed by atoms with van der Waals surface area (Å²) >= 11 is 0. The highest BCUT2D eigenvalue weighted by atomic mass is 19.1. The number of aromatic nitrogens is 1. The number of nitrogens with zero attached hydrogens (tertiary/aromatic N) is 1. The molecule has 0 spiro atoms. The van der Waals surface area contributed by atoms with Crippen LogP contribution in [0.1, 0.15) is 36.2 Å². The normalized spacial score (nSPS) is 10.8. The van der Waals surface area contributed by atoms with Gasteiger partial charge in [0.1, 0.15) is 17.3 Å². The summed E-state index contributed by atoms with van der Waals surface area (Å²) in [7, 11) is 0. The van der Waals surface area contributed by atoms with Crippen molar-refractivity contribution >= 4 is 6.29 Å². The fourth-order valence-electron chi connectivity index (χ4n) is 1.64. The summed E-state index contributed by atoms with van der Waals surface area (Å²) in [5.41, 5.74) is 0.758. The monoisotopic (exact) mass is 233 g/mol. The second-order valence-corrected chi connectivity index (χ2v) is 4.02. The number of hydrogen-bond donors (Lipinski definition) is 0. The van der Waals surface area contributed by atoms with Gasteiger partial charge in [-0.25, -0.2) is 9.37 Å². The van der Waals surface area contributed by atoms with Crippen molar-refractivity contribution in [2.75, 3.05) is 0 Å². The van der Waals surface area contributed by atoms with Crippen LogP contribution in [0, 0.1) is 5.82 Å². The average molecular weight is 233 g/mol. The summed E-state index contributed by atoms with van der Waals surface area (Å²) in [6, 6.07) is 6.30. The Balaban J connectivity index is 2.62. The molecule has 0 amide bonds. The molecule has 0 aliphatic rings. The fraction of sp³-hybridized carbons (Fsp3) is 0.231. The van der Waals surface area contributed by atoms with Crippen LogP contribution < -0.4 is 0 Å². The molecular formula is C13H12FNO2. The number of halogens is 1. The van der Waals surface area contributed by atoms with Crippen molar-refractivity contribution in [3.05, 3.63) is 41.7 Å². The van der Waals surface area contributed by atoms with Gasteiger partial charge in [-0.15, -0.1) is 0 Å². The van der Waals surface area contributed by atoms with Crippen LogP contribution in [0.25, 0.3) is 11.3 Å². The van der Waals surface area contributed by atoms with Crippen LogP contribution in [0.3, 0.4) is 0 Å². The van der Waals surface area contributed by atoms with E-state index in [1.54, 1.807) is 18.2 Å². The van der Waals surface area contributed by atoms with Crippen LogP contribution in [-0.2, 0) is 0 Å². The Morgan fingerprint density at radius 2 is 2.06 bits per heavy atom. The topological polar surface area (TPSA) is 43.1 Å². The van der Waals surface area contributed by atoms with E-state index in [0.29, 0.717) is 23.3 Å². The van der Waals surface area contributed by atoms with Gasteiger partial charge < -0.3 is 4.42 Å². The van der Waals surface area contributed by atoms with Crippen molar-refractivity contribution < 1.29 is 13.6 Å². The van der Waals surface area contributed by atoms with E-state index in [1.165, 1.54) is 6.07 Å². The minimum atomic E-state index is -0.375. The van der Waals surface area contributed by atoms with Gasteiger partial charge in [0.25, 0.3) is 5.89 Å². The van der Waals surface area contributed by atoms with Crippen molar-refractivity contribution in [2.45, 2.75) is 19.8 Å². The number of carbonyl (C=O) groups excluding carboxylic acids is 1. The van der Waals surface area contributed by atoms with Crippen molar-refractivity contribution in [1.82, 2.24) is 4.98 Å². The number of hydrogen-bond acceptors (Lipinski definition) is 3. The average Bonchev–Trinajstić information content (AvgIpc) is 2.73. The summed E-state index contributed by atoms with van der Waals surface area (Å²) in [4.78, 5) is 14.7. The molecule has 0 unspecified atom stereocenters. The second-order valence-electron chi connectivity index (χ2n) is 4.02. The molecule has 3 nitrogen and oxygen atoms in total. The zero-order chi connectivity index (χ0) is 12.4. The number of rotatable bonds is 3. The molecule has 0 radical (unpaired) electrons. The molecule has 88 valence electrons. The lowest BCUT2D eigenvalue weighted by Gasteiger charge is -2.04. The lowest BCUT2D eigenvalue weighted by Crippen LogP contribution is -1.91. The van der Waals surface area contributed by atoms with Crippen molar-refractivity contribution in [1.29, 1.82) is 0 Å². The summed E-state index contributed by atoms with van der Waals surface area (Å²) in [5.74, 6) is 0.162. The first-order valence-electron chi connectivity index (χ1n) is 5.34. The number of carbonyl (C=O) groups is 1. The number of aldehydes is 1. The van der Waals surface area contributed by atoms with Gasteiger partial charge in [-0.2, -0.15) is 0 Å². The highest BCUT2D eigenvalue weighted by molar-refractivity contribution is 5.72. The van der Waals surface area contributed by atoms with E-state index in [2.05, 4.69) is 4.98 Å². The minimum Gasteiger partial charge on any atom is -0.438 e. The Bertz CT molecular complexity index is 546. The molecule has 0 aliphatic heterocycles. The van der Waals surface area contributed by atoms with Gasteiger partial charge in [-0.05, 0) is 12.1 Å². The minimum absolute atomic E-state index is 0.0213. The van der Waals surface area contributed by atoms with Gasteiger partial charge in [0.15, 0.2) is 0 Å². The predicted octanol–water partition coefficient (Wildman–Crippen LogP) is 3.42. The van der Waals surface area contributed by atoms with E-state index in [9.17, 15) is 9.18 Å². The summed E-state index contributed by atoms with van der Waals surface area (Å²) < 4.78 is 19.0. The molecule has 1 aromatic heterocycles. The lowest BCUT2D eigenvalue weighted by molar-refractivity contribution is 0.109. The molecule has 0 aliphatic carbocycles. The molecule has 4 heteroatoms. The molecule has 0 N–H and O–H groups in total. The number of oxazole rings is 1. The van der Waals surface area contributed by atoms with E-state index in [-0.39, 0.29) is 17.6 Å². The summed E-state index contributed by atoms with van der Waals surface area (Å²) in [5, 5.41) is 0. The molecule has 17 heavy (non-hydrogen) atoms. The van der Waals surface area contributed by atoms with Crippen molar-refractivity contribution in [3.63, 3.8) is 0 Å².